The summed E-state index contributed by atoms with van der Waals surface area (Å²) in [5.74, 6) is 1.41. The maximum Gasteiger partial charge on any atom is 0.188 e. The summed E-state index contributed by atoms with van der Waals surface area (Å²) in [7, 11) is 0. The van der Waals surface area contributed by atoms with Crippen LogP contribution in [0.1, 0.15) is 49.0 Å². The lowest BCUT2D eigenvalue weighted by molar-refractivity contribution is 0.00708. The van der Waals surface area contributed by atoms with Crippen LogP contribution in [0.15, 0.2) is 24.3 Å². The number of ketones is 1. The Kier molecular flexibility index (Phi) is 4.92. The summed E-state index contributed by atoms with van der Waals surface area (Å²) in [5, 5.41) is 8.73. The summed E-state index contributed by atoms with van der Waals surface area (Å²) < 4.78 is 5.76. The van der Waals surface area contributed by atoms with Crippen LogP contribution >= 0.6 is 0 Å². The number of Topliss-reactive ketones (excluding diaryl/α,β-unsaturated/α-hetero) is 1. The lowest BCUT2D eigenvalue weighted by atomic mass is 9.80. The summed E-state index contributed by atoms with van der Waals surface area (Å²) in [6, 6.07) is 8.75. The molecule has 20 heavy (non-hydrogen) atoms. The van der Waals surface area contributed by atoms with Crippen LogP contribution in [0, 0.1) is 23.2 Å². The van der Waals surface area contributed by atoms with E-state index in [1.54, 1.807) is 24.3 Å². The number of benzene rings is 1. The maximum absolute atomic E-state index is 12.0. The molecule has 0 aromatic heterocycles. The number of rotatable bonds is 4. The minimum Gasteiger partial charge on any atom is -0.370 e. The molecule has 0 spiro atoms. The third-order valence-corrected chi connectivity index (χ3v) is 4.34. The van der Waals surface area contributed by atoms with Crippen molar-refractivity contribution >= 4 is 5.78 Å². The molecule has 2 rings (SSSR count). The van der Waals surface area contributed by atoms with Gasteiger partial charge in [0.2, 0.25) is 0 Å². The largest absolute Gasteiger partial charge is 0.370 e. The van der Waals surface area contributed by atoms with Crippen LogP contribution in [0.4, 0.5) is 0 Å². The Morgan fingerprint density at radius 1 is 1.25 bits per heavy atom. The molecular formula is C17H21NO2. The standard InChI is InChI=1S/C17H21NO2/c1-12-3-8-16(9-13(12)2)20-11-17(19)15-6-4-14(10-18)5-7-15/h4-7,12-13,16H,3,8-9,11H2,1-2H3. The summed E-state index contributed by atoms with van der Waals surface area (Å²) in [6.07, 6.45) is 3.48. The molecule has 0 radical (unpaired) electrons. The number of carbonyl (C=O) groups excluding carboxylic acids is 1. The molecule has 0 bridgehead atoms. The zero-order chi connectivity index (χ0) is 14.5. The predicted molar refractivity (Wildman–Crippen MR) is 77.4 cm³/mol. The van der Waals surface area contributed by atoms with Gasteiger partial charge in [0.05, 0.1) is 17.7 Å². The van der Waals surface area contributed by atoms with Crippen LogP contribution in [-0.2, 0) is 4.74 Å². The monoisotopic (exact) mass is 271 g/mol. The molecule has 1 fully saturated rings. The van der Waals surface area contributed by atoms with Gasteiger partial charge in [0.15, 0.2) is 5.78 Å². The van der Waals surface area contributed by atoms with E-state index in [1.807, 2.05) is 6.07 Å². The molecule has 1 aliphatic rings. The average molecular weight is 271 g/mol. The van der Waals surface area contributed by atoms with Crippen LogP contribution in [0.2, 0.25) is 0 Å². The molecule has 1 saturated carbocycles. The van der Waals surface area contributed by atoms with Crippen LogP contribution in [-0.4, -0.2) is 18.5 Å². The Balaban J connectivity index is 1.84. The molecule has 106 valence electrons. The van der Waals surface area contributed by atoms with Crippen molar-refractivity contribution in [2.24, 2.45) is 11.8 Å². The highest BCUT2D eigenvalue weighted by Gasteiger charge is 2.25. The Morgan fingerprint density at radius 3 is 2.55 bits per heavy atom. The van der Waals surface area contributed by atoms with Gasteiger partial charge in [-0.1, -0.05) is 26.0 Å². The zero-order valence-electron chi connectivity index (χ0n) is 12.1. The number of nitrogens with zero attached hydrogens (tertiary/aromatic N) is 1. The first-order valence-corrected chi connectivity index (χ1v) is 7.25. The van der Waals surface area contributed by atoms with Crippen molar-refractivity contribution in [1.29, 1.82) is 5.26 Å². The minimum absolute atomic E-state index is 0.0132. The van der Waals surface area contributed by atoms with Crippen molar-refractivity contribution in [3.8, 4) is 6.07 Å². The summed E-state index contributed by atoms with van der Waals surface area (Å²) >= 11 is 0. The Hall–Kier alpha value is -1.66. The zero-order valence-corrected chi connectivity index (χ0v) is 12.1. The second-order valence-electron chi connectivity index (χ2n) is 5.81. The lowest BCUT2D eigenvalue weighted by Crippen LogP contribution is -2.28. The van der Waals surface area contributed by atoms with E-state index in [2.05, 4.69) is 13.8 Å². The van der Waals surface area contributed by atoms with Gasteiger partial charge < -0.3 is 4.74 Å². The van der Waals surface area contributed by atoms with E-state index in [0.717, 1.165) is 18.8 Å². The number of ether oxygens (including phenoxy) is 1. The van der Waals surface area contributed by atoms with Crippen molar-refractivity contribution in [3.63, 3.8) is 0 Å². The number of carbonyl (C=O) groups is 1. The molecule has 0 amide bonds. The molecule has 0 aliphatic heterocycles. The predicted octanol–water partition coefficient (Wildman–Crippen LogP) is 3.58. The summed E-state index contributed by atoms with van der Waals surface area (Å²) in [6.45, 7) is 4.67. The van der Waals surface area contributed by atoms with E-state index in [1.165, 1.54) is 6.42 Å². The summed E-state index contributed by atoms with van der Waals surface area (Å²) in [5.41, 5.74) is 1.18. The van der Waals surface area contributed by atoms with E-state index in [-0.39, 0.29) is 18.5 Å². The highest BCUT2D eigenvalue weighted by atomic mass is 16.5. The molecule has 3 unspecified atom stereocenters. The van der Waals surface area contributed by atoms with E-state index in [0.29, 0.717) is 17.0 Å². The molecule has 1 aromatic rings. The number of hydrogen-bond acceptors (Lipinski definition) is 3. The van der Waals surface area contributed by atoms with E-state index >= 15 is 0 Å². The third kappa shape index (κ3) is 3.68. The topological polar surface area (TPSA) is 50.1 Å². The van der Waals surface area contributed by atoms with Crippen molar-refractivity contribution < 1.29 is 9.53 Å². The van der Waals surface area contributed by atoms with Crippen molar-refractivity contribution in [3.05, 3.63) is 35.4 Å². The van der Waals surface area contributed by atoms with Crippen molar-refractivity contribution in [1.82, 2.24) is 0 Å². The molecule has 3 nitrogen and oxygen atoms in total. The van der Waals surface area contributed by atoms with Crippen LogP contribution < -0.4 is 0 Å². The van der Waals surface area contributed by atoms with Crippen molar-refractivity contribution in [2.75, 3.05) is 6.61 Å². The first kappa shape index (κ1) is 14.7. The minimum atomic E-state index is -0.0132. The van der Waals surface area contributed by atoms with Gasteiger partial charge in [-0.15, -0.1) is 0 Å². The molecule has 0 saturated heterocycles. The van der Waals surface area contributed by atoms with Gasteiger partial charge in [-0.2, -0.15) is 5.26 Å². The van der Waals surface area contributed by atoms with E-state index < -0.39 is 0 Å². The Labute approximate surface area is 120 Å². The highest BCUT2D eigenvalue weighted by Crippen LogP contribution is 2.30. The molecule has 3 heteroatoms. The fraction of sp³-hybridized carbons (Fsp3) is 0.529. The number of nitriles is 1. The van der Waals surface area contributed by atoms with Crippen LogP contribution in [0.25, 0.3) is 0 Å². The third-order valence-electron chi connectivity index (χ3n) is 4.34. The molecule has 0 N–H and O–H groups in total. The normalized spacial score (nSPS) is 25.9. The first-order valence-electron chi connectivity index (χ1n) is 7.25. The van der Waals surface area contributed by atoms with Crippen LogP contribution in [0.5, 0.6) is 0 Å². The molecule has 0 heterocycles. The second-order valence-corrected chi connectivity index (χ2v) is 5.81. The quantitative estimate of drug-likeness (QED) is 0.786. The van der Waals surface area contributed by atoms with E-state index in [9.17, 15) is 4.79 Å². The smallest absolute Gasteiger partial charge is 0.188 e. The molecule has 1 aliphatic carbocycles. The highest BCUT2D eigenvalue weighted by molar-refractivity contribution is 5.97. The van der Waals surface area contributed by atoms with Gasteiger partial charge in [-0.05, 0) is 43.2 Å². The molecule has 1 aromatic carbocycles. The van der Waals surface area contributed by atoms with Gasteiger partial charge in [0, 0.05) is 5.56 Å². The van der Waals surface area contributed by atoms with Crippen molar-refractivity contribution in [2.45, 2.75) is 39.2 Å². The second kappa shape index (κ2) is 6.67. The van der Waals surface area contributed by atoms with Gasteiger partial charge in [-0.3, -0.25) is 4.79 Å². The van der Waals surface area contributed by atoms with Gasteiger partial charge in [-0.25, -0.2) is 0 Å². The number of hydrogen-bond donors (Lipinski definition) is 0. The van der Waals surface area contributed by atoms with E-state index in [4.69, 9.17) is 10.00 Å². The Morgan fingerprint density at radius 2 is 1.95 bits per heavy atom. The van der Waals surface area contributed by atoms with Crippen LogP contribution in [0.3, 0.4) is 0 Å². The fourth-order valence-electron chi connectivity index (χ4n) is 2.66. The van der Waals surface area contributed by atoms with Gasteiger partial charge in [0.1, 0.15) is 6.61 Å². The molecule has 3 atom stereocenters. The maximum atomic E-state index is 12.0. The van der Waals surface area contributed by atoms with Gasteiger partial charge >= 0.3 is 0 Å². The Bertz CT molecular complexity index is 501. The van der Waals surface area contributed by atoms with Gasteiger partial charge in [0.25, 0.3) is 0 Å². The average Bonchev–Trinajstić information content (AvgIpc) is 2.48. The SMILES string of the molecule is CC1CCC(OCC(=O)c2ccc(C#N)cc2)CC1C. The summed E-state index contributed by atoms with van der Waals surface area (Å²) in [4.78, 5) is 12.0. The molecular weight excluding hydrogens is 250 g/mol. The first-order chi connectivity index (χ1) is 9.60. The lowest BCUT2D eigenvalue weighted by Gasteiger charge is -2.31. The fourth-order valence-corrected chi connectivity index (χ4v) is 2.66.